The first-order valence-corrected chi connectivity index (χ1v) is 7.68. The van der Waals surface area contributed by atoms with Crippen molar-refractivity contribution >= 4 is 23.7 Å². The van der Waals surface area contributed by atoms with E-state index in [-0.39, 0.29) is 0 Å². The van der Waals surface area contributed by atoms with Gasteiger partial charge in [-0.1, -0.05) is 41.6 Å². The smallest absolute Gasteiger partial charge is 0.368 e. The quantitative estimate of drug-likeness (QED) is 0.633. The SMILES string of the molecule is COc1cc(/C=C2\C(=O)ON=C2c2ccccc2)ccc1OCC(=O)O. The Morgan fingerprint density at radius 3 is 2.65 bits per heavy atom. The number of methoxy groups -OCH3 is 1. The topological polar surface area (TPSA) is 94.4 Å². The van der Waals surface area contributed by atoms with Crippen LogP contribution in [0.4, 0.5) is 0 Å². The number of aliphatic carboxylic acids is 1. The van der Waals surface area contributed by atoms with E-state index in [1.54, 1.807) is 24.3 Å². The minimum Gasteiger partial charge on any atom is -0.493 e. The molecule has 0 aromatic heterocycles. The fourth-order valence-electron chi connectivity index (χ4n) is 2.41. The van der Waals surface area contributed by atoms with Gasteiger partial charge >= 0.3 is 11.9 Å². The number of hydrogen-bond acceptors (Lipinski definition) is 6. The van der Waals surface area contributed by atoms with Crippen molar-refractivity contribution < 1.29 is 29.0 Å². The molecule has 0 aliphatic carbocycles. The third-order valence-corrected chi connectivity index (χ3v) is 3.59. The number of oxime groups is 1. The van der Waals surface area contributed by atoms with Crippen molar-refractivity contribution in [2.45, 2.75) is 0 Å². The Labute approximate surface area is 149 Å². The first-order valence-electron chi connectivity index (χ1n) is 7.68. The molecule has 26 heavy (non-hydrogen) atoms. The van der Waals surface area contributed by atoms with Gasteiger partial charge in [0.05, 0.1) is 12.7 Å². The van der Waals surface area contributed by atoms with E-state index in [1.807, 2.05) is 30.3 Å². The van der Waals surface area contributed by atoms with Crippen LogP contribution in [-0.4, -0.2) is 36.5 Å². The van der Waals surface area contributed by atoms with Gasteiger partial charge in [-0.3, -0.25) is 0 Å². The Hall–Kier alpha value is -3.61. The Morgan fingerprint density at radius 2 is 1.96 bits per heavy atom. The summed E-state index contributed by atoms with van der Waals surface area (Å²) in [5.74, 6) is -0.988. The molecule has 2 aromatic carbocycles. The predicted octanol–water partition coefficient (Wildman–Crippen LogP) is 2.50. The number of hydrogen-bond donors (Lipinski definition) is 1. The second-order valence-corrected chi connectivity index (χ2v) is 5.34. The standard InChI is InChI=1S/C19H15NO6/c1-24-16-10-12(7-8-15(16)25-11-17(21)22)9-14-18(20-26-19(14)23)13-5-3-2-4-6-13/h2-10H,11H2,1H3,(H,21,22)/b14-9-. The van der Waals surface area contributed by atoms with Gasteiger partial charge in [-0.25, -0.2) is 9.59 Å². The van der Waals surface area contributed by atoms with Gasteiger partial charge in [-0.05, 0) is 23.8 Å². The number of nitrogens with zero attached hydrogens (tertiary/aromatic N) is 1. The molecular weight excluding hydrogens is 338 g/mol. The molecule has 132 valence electrons. The lowest BCUT2D eigenvalue weighted by atomic mass is 10.0. The highest BCUT2D eigenvalue weighted by atomic mass is 16.7. The summed E-state index contributed by atoms with van der Waals surface area (Å²) in [6.45, 7) is -0.478. The normalized spacial score (nSPS) is 14.7. The van der Waals surface area contributed by atoms with Crippen molar-refractivity contribution in [1.29, 1.82) is 0 Å². The van der Waals surface area contributed by atoms with Crippen molar-refractivity contribution in [3.63, 3.8) is 0 Å². The van der Waals surface area contributed by atoms with E-state index in [0.29, 0.717) is 28.3 Å². The molecule has 2 aromatic rings. The number of carboxylic acid groups (broad SMARTS) is 1. The molecular formula is C19H15NO6. The van der Waals surface area contributed by atoms with Gasteiger partial charge in [0.25, 0.3) is 0 Å². The van der Waals surface area contributed by atoms with Gasteiger partial charge in [0.1, 0.15) is 5.71 Å². The fraction of sp³-hybridized carbons (Fsp3) is 0.105. The molecule has 0 unspecified atom stereocenters. The highest BCUT2D eigenvalue weighted by molar-refractivity contribution is 6.31. The zero-order valence-electron chi connectivity index (χ0n) is 13.8. The molecule has 1 aliphatic rings. The Balaban J connectivity index is 1.92. The minimum atomic E-state index is -1.09. The van der Waals surface area contributed by atoms with Crippen LogP contribution in [-0.2, 0) is 14.4 Å². The zero-order chi connectivity index (χ0) is 18.5. The molecule has 0 amide bonds. The molecule has 0 spiro atoms. The molecule has 0 atom stereocenters. The van der Waals surface area contributed by atoms with Gasteiger partial charge < -0.3 is 19.4 Å². The summed E-state index contributed by atoms with van der Waals surface area (Å²) in [4.78, 5) is 27.5. The van der Waals surface area contributed by atoms with Crippen molar-refractivity contribution in [2.24, 2.45) is 5.16 Å². The number of ether oxygens (including phenoxy) is 2. The van der Waals surface area contributed by atoms with Gasteiger partial charge in [0.15, 0.2) is 18.1 Å². The van der Waals surface area contributed by atoms with E-state index in [4.69, 9.17) is 19.4 Å². The maximum Gasteiger partial charge on any atom is 0.368 e. The van der Waals surface area contributed by atoms with Crippen LogP contribution in [0.2, 0.25) is 0 Å². The maximum atomic E-state index is 12.0. The van der Waals surface area contributed by atoms with Crippen LogP contribution in [0.15, 0.2) is 59.3 Å². The number of carbonyl (C=O) groups is 2. The average Bonchev–Trinajstić information content (AvgIpc) is 3.01. The molecule has 7 heteroatoms. The predicted molar refractivity (Wildman–Crippen MR) is 93.2 cm³/mol. The third kappa shape index (κ3) is 3.72. The molecule has 0 radical (unpaired) electrons. The van der Waals surface area contributed by atoms with Crippen LogP contribution in [0.3, 0.4) is 0 Å². The van der Waals surface area contributed by atoms with Gasteiger partial charge in [-0.2, -0.15) is 0 Å². The largest absolute Gasteiger partial charge is 0.493 e. The lowest BCUT2D eigenvalue weighted by molar-refractivity contribution is -0.139. The van der Waals surface area contributed by atoms with Crippen molar-refractivity contribution in [1.82, 2.24) is 0 Å². The van der Waals surface area contributed by atoms with Crippen LogP contribution in [0.5, 0.6) is 11.5 Å². The summed E-state index contributed by atoms with van der Waals surface area (Å²) in [7, 11) is 1.45. The Bertz CT molecular complexity index is 902. The first-order chi connectivity index (χ1) is 12.6. The summed E-state index contributed by atoms with van der Waals surface area (Å²) in [6, 6.07) is 14.1. The molecule has 3 rings (SSSR count). The van der Waals surface area contributed by atoms with Crippen LogP contribution >= 0.6 is 0 Å². The summed E-state index contributed by atoms with van der Waals surface area (Å²) in [6.07, 6.45) is 1.63. The number of rotatable bonds is 6. The summed E-state index contributed by atoms with van der Waals surface area (Å²) in [5, 5.41) is 12.6. The van der Waals surface area contributed by atoms with E-state index >= 15 is 0 Å². The van der Waals surface area contributed by atoms with Crippen molar-refractivity contribution in [3.05, 3.63) is 65.2 Å². The molecule has 0 saturated carbocycles. The van der Waals surface area contributed by atoms with E-state index < -0.39 is 18.5 Å². The highest BCUT2D eigenvalue weighted by Gasteiger charge is 2.26. The monoisotopic (exact) mass is 353 g/mol. The zero-order valence-corrected chi connectivity index (χ0v) is 13.8. The minimum absolute atomic E-state index is 0.294. The Morgan fingerprint density at radius 1 is 1.19 bits per heavy atom. The van der Waals surface area contributed by atoms with Gasteiger partial charge in [0.2, 0.25) is 0 Å². The Kier molecular flexibility index (Phi) is 4.98. The molecule has 1 aliphatic heterocycles. The van der Waals surface area contributed by atoms with E-state index in [9.17, 15) is 9.59 Å². The van der Waals surface area contributed by atoms with Gasteiger partial charge in [0, 0.05) is 5.56 Å². The van der Waals surface area contributed by atoms with E-state index in [1.165, 1.54) is 7.11 Å². The maximum absolute atomic E-state index is 12.0. The molecule has 1 N–H and O–H groups in total. The molecule has 7 nitrogen and oxygen atoms in total. The molecule has 0 fully saturated rings. The lowest BCUT2D eigenvalue weighted by Gasteiger charge is -2.10. The number of carboxylic acids is 1. The van der Waals surface area contributed by atoms with Gasteiger partial charge in [-0.15, -0.1) is 0 Å². The second kappa shape index (κ2) is 7.52. The van der Waals surface area contributed by atoms with E-state index in [0.717, 1.165) is 5.56 Å². The summed E-state index contributed by atoms with van der Waals surface area (Å²) >= 11 is 0. The third-order valence-electron chi connectivity index (χ3n) is 3.59. The molecule has 0 saturated heterocycles. The van der Waals surface area contributed by atoms with Crippen molar-refractivity contribution in [2.75, 3.05) is 13.7 Å². The van der Waals surface area contributed by atoms with Crippen LogP contribution in [0.1, 0.15) is 11.1 Å². The average molecular weight is 353 g/mol. The lowest BCUT2D eigenvalue weighted by Crippen LogP contribution is -2.10. The summed E-state index contributed by atoms with van der Waals surface area (Å²) in [5.41, 5.74) is 2.18. The van der Waals surface area contributed by atoms with Crippen LogP contribution in [0.25, 0.3) is 6.08 Å². The highest BCUT2D eigenvalue weighted by Crippen LogP contribution is 2.30. The van der Waals surface area contributed by atoms with Crippen LogP contribution < -0.4 is 9.47 Å². The summed E-state index contributed by atoms with van der Waals surface area (Å²) < 4.78 is 10.4. The van der Waals surface area contributed by atoms with E-state index in [2.05, 4.69) is 5.16 Å². The molecule has 0 bridgehead atoms. The second-order valence-electron chi connectivity index (χ2n) is 5.34. The molecule has 1 heterocycles. The first kappa shape index (κ1) is 17.2. The fourth-order valence-corrected chi connectivity index (χ4v) is 2.41. The van der Waals surface area contributed by atoms with Crippen molar-refractivity contribution in [3.8, 4) is 11.5 Å². The number of benzene rings is 2. The number of carbonyl (C=O) groups excluding carboxylic acids is 1. The van der Waals surface area contributed by atoms with Crippen LogP contribution in [0, 0.1) is 0 Å².